The lowest BCUT2D eigenvalue weighted by molar-refractivity contribution is -0.140. The predicted octanol–water partition coefficient (Wildman–Crippen LogP) is 4.72. The number of rotatable bonds is 12. The fourth-order valence-electron chi connectivity index (χ4n) is 4.05. The normalized spacial score (nSPS) is 17.3. The summed E-state index contributed by atoms with van der Waals surface area (Å²) in [4.78, 5) is 27.5. The standard InChI is InChI=1S/C27H33NO6/c1-4-5-6-17-34-21-13-11-19(12-14-21)24-23(25(29)20-9-7-10-22(18-20)33-3)26(30)27(31)28(24)15-8-16-32-2/h7,9-14,18,24,29H,4-6,8,15-17H2,1-3H3. The molecule has 1 N–H and O–H groups in total. The molecule has 0 aliphatic carbocycles. The Balaban J connectivity index is 1.98. The largest absolute Gasteiger partial charge is 0.507 e. The van der Waals surface area contributed by atoms with Crippen molar-refractivity contribution in [2.75, 3.05) is 34.0 Å². The van der Waals surface area contributed by atoms with Crippen molar-refractivity contribution in [2.45, 2.75) is 38.6 Å². The number of Topliss-reactive ketones (excluding diaryl/α,β-unsaturated/α-hetero) is 1. The summed E-state index contributed by atoms with van der Waals surface area (Å²) in [5.41, 5.74) is 1.20. The van der Waals surface area contributed by atoms with Gasteiger partial charge in [-0.25, -0.2) is 0 Å². The number of amides is 1. The van der Waals surface area contributed by atoms with Crippen LogP contribution in [0, 0.1) is 0 Å². The van der Waals surface area contributed by atoms with Gasteiger partial charge in [0.2, 0.25) is 0 Å². The fourth-order valence-corrected chi connectivity index (χ4v) is 4.05. The van der Waals surface area contributed by atoms with Gasteiger partial charge in [-0.2, -0.15) is 0 Å². The number of carbonyl (C=O) groups excluding carboxylic acids is 2. The van der Waals surface area contributed by atoms with E-state index in [1.54, 1.807) is 31.4 Å². The molecule has 1 aliphatic heterocycles. The Bertz CT molecular complexity index is 1010. The zero-order valence-electron chi connectivity index (χ0n) is 20.1. The first-order valence-corrected chi connectivity index (χ1v) is 11.7. The molecule has 0 bridgehead atoms. The Morgan fingerprint density at radius 1 is 0.971 bits per heavy atom. The second-order valence-electron chi connectivity index (χ2n) is 8.20. The third-order valence-electron chi connectivity index (χ3n) is 5.84. The van der Waals surface area contributed by atoms with E-state index in [0.717, 1.165) is 30.6 Å². The molecule has 1 saturated heterocycles. The maximum atomic E-state index is 13.1. The highest BCUT2D eigenvalue weighted by Crippen LogP contribution is 2.40. The van der Waals surface area contributed by atoms with E-state index in [4.69, 9.17) is 14.2 Å². The summed E-state index contributed by atoms with van der Waals surface area (Å²) in [5.74, 6) is -0.298. The van der Waals surface area contributed by atoms with Crippen LogP contribution in [0.15, 0.2) is 54.1 Å². The smallest absolute Gasteiger partial charge is 0.295 e. The molecule has 0 spiro atoms. The van der Waals surface area contributed by atoms with Gasteiger partial charge in [0.1, 0.15) is 17.3 Å². The highest BCUT2D eigenvalue weighted by atomic mass is 16.5. The van der Waals surface area contributed by atoms with Gasteiger partial charge < -0.3 is 24.2 Å². The van der Waals surface area contributed by atoms with E-state index in [9.17, 15) is 14.7 Å². The number of carbonyl (C=O) groups is 2. The Morgan fingerprint density at radius 3 is 2.41 bits per heavy atom. The molecule has 0 saturated carbocycles. The number of hydrogen-bond donors (Lipinski definition) is 1. The summed E-state index contributed by atoms with van der Waals surface area (Å²) >= 11 is 0. The topological polar surface area (TPSA) is 85.3 Å². The minimum absolute atomic E-state index is 0.0623. The Labute approximate surface area is 200 Å². The average molecular weight is 468 g/mol. The maximum absolute atomic E-state index is 13.1. The number of aliphatic hydroxyl groups is 1. The van der Waals surface area contributed by atoms with Crippen molar-refractivity contribution < 1.29 is 28.9 Å². The van der Waals surface area contributed by atoms with E-state index >= 15 is 0 Å². The van der Waals surface area contributed by atoms with E-state index in [-0.39, 0.29) is 11.3 Å². The van der Waals surface area contributed by atoms with Gasteiger partial charge in [-0.05, 0) is 42.7 Å². The molecular formula is C27H33NO6. The molecule has 2 aromatic carbocycles. The molecule has 1 heterocycles. The lowest BCUT2D eigenvalue weighted by Crippen LogP contribution is -2.31. The van der Waals surface area contributed by atoms with Crippen LogP contribution in [0.3, 0.4) is 0 Å². The molecule has 7 nitrogen and oxygen atoms in total. The molecule has 7 heteroatoms. The second-order valence-corrected chi connectivity index (χ2v) is 8.20. The highest BCUT2D eigenvalue weighted by Gasteiger charge is 2.45. The predicted molar refractivity (Wildman–Crippen MR) is 130 cm³/mol. The van der Waals surface area contributed by atoms with Crippen LogP contribution in [0.2, 0.25) is 0 Å². The Hall–Kier alpha value is -3.32. The van der Waals surface area contributed by atoms with Crippen molar-refractivity contribution in [3.8, 4) is 11.5 Å². The molecule has 3 rings (SSSR count). The molecule has 2 aromatic rings. The van der Waals surface area contributed by atoms with Crippen LogP contribution in [0.4, 0.5) is 0 Å². The quantitative estimate of drug-likeness (QED) is 0.210. The summed E-state index contributed by atoms with van der Waals surface area (Å²) in [6.45, 7) is 3.56. The van der Waals surface area contributed by atoms with E-state index in [1.165, 1.54) is 12.0 Å². The number of aliphatic hydroxyl groups excluding tert-OH is 1. The molecule has 0 aromatic heterocycles. The number of benzene rings is 2. The van der Waals surface area contributed by atoms with Gasteiger partial charge in [-0.1, -0.05) is 44.0 Å². The zero-order chi connectivity index (χ0) is 24.5. The monoisotopic (exact) mass is 467 g/mol. The lowest BCUT2D eigenvalue weighted by atomic mass is 9.95. The SMILES string of the molecule is CCCCCOc1ccc(C2C(=C(O)c3cccc(OC)c3)C(=O)C(=O)N2CCCOC)cc1. The number of methoxy groups -OCH3 is 2. The van der Waals surface area contributed by atoms with Crippen LogP contribution in [0.5, 0.6) is 11.5 Å². The first-order valence-electron chi connectivity index (χ1n) is 11.7. The van der Waals surface area contributed by atoms with Crippen molar-refractivity contribution >= 4 is 17.4 Å². The fraction of sp³-hybridized carbons (Fsp3) is 0.407. The van der Waals surface area contributed by atoms with E-state index < -0.39 is 17.7 Å². The molecule has 182 valence electrons. The van der Waals surface area contributed by atoms with Gasteiger partial charge in [-0.15, -0.1) is 0 Å². The number of unbranched alkanes of at least 4 members (excludes halogenated alkanes) is 2. The summed E-state index contributed by atoms with van der Waals surface area (Å²) < 4.78 is 16.2. The number of likely N-dealkylation sites (tertiary alicyclic amines) is 1. The van der Waals surface area contributed by atoms with Gasteiger partial charge in [-0.3, -0.25) is 9.59 Å². The molecule has 1 amide bonds. The minimum atomic E-state index is -0.711. The van der Waals surface area contributed by atoms with Crippen molar-refractivity contribution in [3.63, 3.8) is 0 Å². The number of ketones is 1. The summed E-state index contributed by atoms with van der Waals surface area (Å²) in [6.07, 6.45) is 3.78. The van der Waals surface area contributed by atoms with Gasteiger partial charge in [0.15, 0.2) is 0 Å². The van der Waals surface area contributed by atoms with Crippen LogP contribution >= 0.6 is 0 Å². The van der Waals surface area contributed by atoms with Gasteiger partial charge in [0.25, 0.3) is 11.7 Å². The van der Waals surface area contributed by atoms with E-state index in [2.05, 4.69) is 6.92 Å². The van der Waals surface area contributed by atoms with Crippen molar-refractivity contribution in [2.24, 2.45) is 0 Å². The van der Waals surface area contributed by atoms with Crippen LogP contribution in [0.1, 0.15) is 49.8 Å². The average Bonchev–Trinajstić information content (AvgIpc) is 3.12. The highest BCUT2D eigenvalue weighted by molar-refractivity contribution is 6.46. The lowest BCUT2D eigenvalue weighted by Gasteiger charge is -2.25. The molecule has 34 heavy (non-hydrogen) atoms. The van der Waals surface area contributed by atoms with Crippen molar-refractivity contribution in [1.82, 2.24) is 4.90 Å². The Kier molecular flexibility index (Phi) is 9.10. The third-order valence-corrected chi connectivity index (χ3v) is 5.84. The summed E-state index contributed by atoms with van der Waals surface area (Å²) in [7, 11) is 3.12. The van der Waals surface area contributed by atoms with Crippen LogP contribution < -0.4 is 9.47 Å². The van der Waals surface area contributed by atoms with Crippen LogP contribution in [0.25, 0.3) is 5.76 Å². The molecule has 1 aliphatic rings. The minimum Gasteiger partial charge on any atom is -0.507 e. The molecule has 1 atom stereocenters. The van der Waals surface area contributed by atoms with Gasteiger partial charge in [0.05, 0.1) is 25.3 Å². The van der Waals surface area contributed by atoms with Gasteiger partial charge >= 0.3 is 0 Å². The third kappa shape index (κ3) is 5.78. The Morgan fingerprint density at radius 2 is 1.74 bits per heavy atom. The number of hydrogen-bond acceptors (Lipinski definition) is 6. The first kappa shape index (κ1) is 25.3. The maximum Gasteiger partial charge on any atom is 0.295 e. The number of ether oxygens (including phenoxy) is 3. The van der Waals surface area contributed by atoms with Gasteiger partial charge in [0, 0.05) is 25.8 Å². The molecule has 0 radical (unpaired) electrons. The molecular weight excluding hydrogens is 434 g/mol. The van der Waals surface area contributed by atoms with Crippen LogP contribution in [-0.2, 0) is 14.3 Å². The molecule has 1 fully saturated rings. The number of nitrogens with zero attached hydrogens (tertiary/aromatic N) is 1. The van der Waals surface area contributed by atoms with E-state index in [0.29, 0.717) is 37.5 Å². The van der Waals surface area contributed by atoms with E-state index in [1.807, 2.05) is 24.3 Å². The second kappa shape index (κ2) is 12.2. The first-order chi connectivity index (χ1) is 16.5. The van der Waals surface area contributed by atoms with Crippen molar-refractivity contribution in [1.29, 1.82) is 0 Å². The molecule has 1 unspecified atom stereocenters. The van der Waals surface area contributed by atoms with Crippen molar-refractivity contribution in [3.05, 3.63) is 65.2 Å². The summed E-state index contributed by atoms with van der Waals surface area (Å²) in [6, 6.07) is 13.4. The van der Waals surface area contributed by atoms with Crippen LogP contribution in [-0.4, -0.2) is 55.7 Å². The zero-order valence-corrected chi connectivity index (χ0v) is 20.1. The summed E-state index contributed by atoms with van der Waals surface area (Å²) in [5, 5.41) is 11.1.